The SMILES string of the molecule is CC(C)=CCNC(C)c1oc2ccccc2c1C. The summed E-state index contributed by atoms with van der Waals surface area (Å²) >= 11 is 0. The van der Waals surface area contributed by atoms with E-state index in [0.717, 1.165) is 17.9 Å². The van der Waals surface area contributed by atoms with Gasteiger partial charge in [0, 0.05) is 11.9 Å². The smallest absolute Gasteiger partial charge is 0.134 e. The molecule has 1 aromatic carbocycles. The number of furan rings is 1. The van der Waals surface area contributed by atoms with Gasteiger partial charge in [-0.15, -0.1) is 0 Å². The Labute approximate surface area is 109 Å². The average Bonchev–Trinajstić information content (AvgIpc) is 2.67. The molecule has 2 heteroatoms. The minimum absolute atomic E-state index is 0.230. The lowest BCUT2D eigenvalue weighted by Gasteiger charge is -2.10. The van der Waals surface area contributed by atoms with Gasteiger partial charge in [0.15, 0.2) is 0 Å². The summed E-state index contributed by atoms with van der Waals surface area (Å²) in [7, 11) is 0. The summed E-state index contributed by atoms with van der Waals surface area (Å²) in [6.45, 7) is 9.36. The van der Waals surface area contributed by atoms with Gasteiger partial charge in [0.05, 0.1) is 6.04 Å². The van der Waals surface area contributed by atoms with Crippen molar-refractivity contribution in [3.8, 4) is 0 Å². The summed E-state index contributed by atoms with van der Waals surface area (Å²) in [6, 6.07) is 8.43. The molecule has 0 aliphatic heterocycles. The first-order valence-corrected chi connectivity index (χ1v) is 6.44. The van der Waals surface area contributed by atoms with Crippen LogP contribution in [-0.4, -0.2) is 6.54 Å². The van der Waals surface area contributed by atoms with E-state index < -0.39 is 0 Å². The second-order valence-corrected chi connectivity index (χ2v) is 5.00. The lowest BCUT2D eigenvalue weighted by atomic mass is 10.1. The predicted molar refractivity (Wildman–Crippen MR) is 76.8 cm³/mol. The molecule has 0 spiro atoms. The molecule has 0 amide bonds. The molecule has 0 aliphatic rings. The Morgan fingerprint density at radius 1 is 1.33 bits per heavy atom. The van der Waals surface area contributed by atoms with Gasteiger partial charge in [-0.25, -0.2) is 0 Å². The van der Waals surface area contributed by atoms with Crippen LogP contribution in [0, 0.1) is 6.92 Å². The maximum absolute atomic E-state index is 5.93. The molecule has 0 saturated heterocycles. The van der Waals surface area contributed by atoms with Gasteiger partial charge in [-0.2, -0.15) is 0 Å². The third kappa shape index (κ3) is 2.65. The number of aryl methyl sites for hydroxylation is 1. The number of allylic oxidation sites excluding steroid dienone is 1. The highest BCUT2D eigenvalue weighted by molar-refractivity contribution is 5.82. The first kappa shape index (κ1) is 12.9. The zero-order valence-electron chi connectivity index (χ0n) is 11.6. The Hall–Kier alpha value is -1.54. The molecule has 2 rings (SSSR count). The molecular formula is C16H21NO. The van der Waals surface area contributed by atoms with Gasteiger partial charge >= 0.3 is 0 Å². The molecule has 0 saturated carbocycles. The van der Waals surface area contributed by atoms with Gasteiger partial charge in [-0.3, -0.25) is 0 Å². The van der Waals surface area contributed by atoms with E-state index in [1.165, 1.54) is 16.5 Å². The molecule has 2 nitrogen and oxygen atoms in total. The summed E-state index contributed by atoms with van der Waals surface area (Å²) in [5.41, 5.74) is 3.54. The van der Waals surface area contributed by atoms with E-state index in [1.54, 1.807) is 0 Å². The van der Waals surface area contributed by atoms with E-state index >= 15 is 0 Å². The second-order valence-electron chi connectivity index (χ2n) is 5.00. The third-order valence-electron chi connectivity index (χ3n) is 3.21. The van der Waals surface area contributed by atoms with E-state index in [-0.39, 0.29) is 6.04 Å². The fourth-order valence-electron chi connectivity index (χ4n) is 2.14. The van der Waals surface area contributed by atoms with Crippen LogP contribution in [-0.2, 0) is 0 Å². The van der Waals surface area contributed by atoms with Crippen LogP contribution < -0.4 is 5.32 Å². The highest BCUT2D eigenvalue weighted by Crippen LogP contribution is 2.28. The summed E-state index contributed by atoms with van der Waals surface area (Å²) in [6.07, 6.45) is 2.19. The van der Waals surface area contributed by atoms with E-state index in [4.69, 9.17) is 4.42 Å². The Morgan fingerprint density at radius 3 is 2.72 bits per heavy atom. The number of nitrogens with one attached hydrogen (secondary N) is 1. The minimum Gasteiger partial charge on any atom is -0.459 e. The van der Waals surface area contributed by atoms with Crippen LogP contribution in [0.25, 0.3) is 11.0 Å². The highest BCUT2D eigenvalue weighted by atomic mass is 16.3. The van der Waals surface area contributed by atoms with Gasteiger partial charge in [0.2, 0.25) is 0 Å². The molecule has 1 unspecified atom stereocenters. The Kier molecular flexibility index (Phi) is 3.87. The van der Waals surface area contributed by atoms with Crippen molar-refractivity contribution in [2.75, 3.05) is 6.54 Å². The molecule has 1 N–H and O–H groups in total. The molecule has 0 radical (unpaired) electrons. The Balaban J connectivity index is 2.20. The first-order chi connectivity index (χ1) is 8.59. The number of benzene rings is 1. The van der Waals surface area contributed by atoms with E-state index in [0.29, 0.717) is 0 Å². The van der Waals surface area contributed by atoms with Crippen molar-refractivity contribution < 1.29 is 4.42 Å². The van der Waals surface area contributed by atoms with Gasteiger partial charge < -0.3 is 9.73 Å². The molecule has 18 heavy (non-hydrogen) atoms. The molecule has 2 aromatic rings. The molecule has 96 valence electrons. The summed E-state index contributed by atoms with van der Waals surface area (Å²) in [5, 5.41) is 4.67. The maximum Gasteiger partial charge on any atom is 0.134 e. The molecule has 0 fully saturated rings. The van der Waals surface area contributed by atoms with Gasteiger partial charge in [-0.05, 0) is 39.3 Å². The lowest BCUT2D eigenvalue weighted by molar-refractivity contribution is 0.461. The van der Waals surface area contributed by atoms with Crippen molar-refractivity contribution in [3.63, 3.8) is 0 Å². The van der Waals surface area contributed by atoms with E-state index in [9.17, 15) is 0 Å². The normalized spacial score (nSPS) is 12.7. The predicted octanol–water partition coefficient (Wildman–Crippen LogP) is 4.36. The van der Waals surface area contributed by atoms with Crippen LogP contribution in [0.15, 0.2) is 40.3 Å². The lowest BCUT2D eigenvalue weighted by Crippen LogP contribution is -2.18. The quantitative estimate of drug-likeness (QED) is 0.807. The fourth-order valence-corrected chi connectivity index (χ4v) is 2.14. The van der Waals surface area contributed by atoms with Gasteiger partial charge in [0.25, 0.3) is 0 Å². The summed E-state index contributed by atoms with van der Waals surface area (Å²) in [4.78, 5) is 0. The van der Waals surface area contributed by atoms with Crippen molar-refractivity contribution in [2.24, 2.45) is 0 Å². The molecule has 1 aromatic heterocycles. The van der Waals surface area contributed by atoms with Gasteiger partial charge in [0.1, 0.15) is 11.3 Å². The van der Waals surface area contributed by atoms with Crippen LogP contribution >= 0.6 is 0 Å². The highest BCUT2D eigenvalue weighted by Gasteiger charge is 2.15. The van der Waals surface area contributed by atoms with Crippen LogP contribution in [0.5, 0.6) is 0 Å². The second kappa shape index (κ2) is 5.40. The molecule has 0 aliphatic carbocycles. The van der Waals surface area contributed by atoms with Crippen molar-refractivity contribution in [2.45, 2.75) is 33.7 Å². The zero-order chi connectivity index (χ0) is 13.1. The molecular weight excluding hydrogens is 222 g/mol. The monoisotopic (exact) mass is 243 g/mol. The Bertz CT molecular complexity index is 561. The van der Waals surface area contributed by atoms with Crippen molar-refractivity contribution >= 4 is 11.0 Å². The third-order valence-corrected chi connectivity index (χ3v) is 3.21. The fraction of sp³-hybridized carbons (Fsp3) is 0.375. The van der Waals surface area contributed by atoms with Gasteiger partial charge in [-0.1, -0.05) is 29.8 Å². The first-order valence-electron chi connectivity index (χ1n) is 6.44. The van der Waals surface area contributed by atoms with E-state index in [2.05, 4.69) is 51.2 Å². The van der Waals surface area contributed by atoms with Crippen molar-refractivity contribution in [1.29, 1.82) is 0 Å². The standard InChI is InChI=1S/C16H21NO/c1-11(2)9-10-17-13(4)16-12(3)14-7-5-6-8-15(14)18-16/h5-9,13,17H,10H2,1-4H3. The topological polar surface area (TPSA) is 25.2 Å². The number of para-hydroxylation sites is 1. The van der Waals surface area contributed by atoms with Crippen LogP contribution in [0.2, 0.25) is 0 Å². The average molecular weight is 243 g/mol. The van der Waals surface area contributed by atoms with Crippen LogP contribution in [0.4, 0.5) is 0 Å². The number of fused-ring (bicyclic) bond motifs is 1. The summed E-state index contributed by atoms with van der Waals surface area (Å²) < 4.78 is 5.93. The number of hydrogen-bond acceptors (Lipinski definition) is 2. The van der Waals surface area contributed by atoms with Crippen molar-refractivity contribution in [1.82, 2.24) is 5.32 Å². The summed E-state index contributed by atoms with van der Waals surface area (Å²) in [5.74, 6) is 1.04. The Morgan fingerprint density at radius 2 is 2.06 bits per heavy atom. The van der Waals surface area contributed by atoms with Crippen LogP contribution in [0.1, 0.15) is 38.1 Å². The number of hydrogen-bond donors (Lipinski definition) is 1. The molecule has 0 bridgehead atoms. The molecule has 1 atom stereocenters. The molecule has 1 heterocycles. The minimum atomic E-state index is 0.230. The maximum atomic E-state index is 5.93. The van der Waals surface area contributed by atoms with Crippen LogP contribution in [0.3, 0.4) is 0 Å². The van der Waals surface area contributed by atoms with E-state index in [1.807, 2.05) is 12.1 Å². The number of rotatable bonds is 4. The zero-order valence-corrected chi connectivity index (χ0v) is 11.6. The largest absolute Gasteiger partial charge is 0.459 e. The van der Waals surface area contributed by atoms with Crippen molar-refractivity contribution in [3.05, 3.63) is 47.2 Å².